The Morgan fingerprint density at radius 1 is 1.06 bits per heavy atom. The van der Waals surface area contributed by atoms with Gasteiger partial charge in [-0.05, 0) is 35.9 Å². The lowest BCUT2D eigenvalue weighted by molar-refractivity contribution is 0.302. The molecule has 0 aliphatic heterocycles. The van der Waals surface area contributed by atoms with Gasteiger partial charge in [0.05, 0.1) is 11.2 Å². The van der Waals surface area contributed by atoms with Crippen molar-refractivity contribution in [2.24, 2.45) is 0 Å². The van der Waals surface area contributed by atoms with E-state index in [1.807, 2.05) is 60.7 Å². The molecule has 0 aliphatic rings. The van der Waals surface area contributed by atoms with Crippen LogP contribution in [0.2, 0.25) is 4.47 Å². The maximum absolute atomic E-state index is 5.96. The summed E-state index contributed by atoms with van der Waals surface area (Å²) in [4.78, 5) is 9.61. The lowest BCUT2D eigenvalue weighted by atomic mass is 10.1. The van der Waals surface area contributed by atoms with E-state index in [9.17, 15) is 0 Å². The zero-order chi connectivity index (χ0) is 21.0. The Hall–Kier alpha value is -3.55. The maximum atomic E-state index is 5.96. The molecule has 0 saturated carbocycles. The Kier molecular flexibility index (Phi) is 5.43. The Labute approximate surface area is 186 Å². The van der Waals surface area contributed by atoms with Crippen LogP contribution in [0.4, 0.5) is 0 Å². The van der Waals surface area contributed by atoms with Gasteiger partial charge in [0, 0.05) is 22.0 Å². The van der Waals surface area contributed by atoms with Crippen molar-refractivity contribution in [1.82, 2.24) is 20.2 Å². The van der Waals surface area contributed by atoms with Gasteiger partial charge < -0.3 is 9.15 Å². The minimum Gasteiger partial charge on any atom is -0.487 e. The van der Waals surface area contributed by atoms with E-state index in [2.05, 4.69) is 26.2 Å². The highest BCUT2D eigenvalue weighted by Crippen LogP contribution is 2.29. The normalized spacial score (nSPS) is 11.7. The number of thiazole rings is 1. The van der Waals surface area contributed by atoms with Crippen LogP contribution < -0.4 is 4.74 Å². The van der Waals surface area contributed by atoms with Crippen LogP contribution in [0.5, 0.6) is 5.75 Å². The summed E-state index contributed by atoms with van der Waals surface area (Å²) in [6, 6.07) is 19.8. The molecule has 0 fully saturated rings. The highest BCUT2D eigenvalue weighted by molar-refractivity contribution is 7.16. The van der Waals surface area contributed by atoms with Gasteiger partial charge in [0.2, 0.25) is 12.3 Å². The van der Waals surface area contributed by atoms with Crippen LogP contribution in [-0.2, 0) is 6.61 Å². The van der Waals surface area contributed by atoms with Crippen molar-refractivity contribution < 1.29 is 9.15 Å². The van der Waals surface area contributed by atoms with Crippen LogP contribution in [0.15, 0.2) is 77.7 Å². The van der Waals surface area contributed by atoms with Gasteiger partial charge in [-0.3, -0.25) is 0 Å². The average Bonchev–Trinajstić information content (AvgIpc) is 3.48. The molecule has 0 bridgehead atoms. The van der Waals surface area contributed by atoms with Crippen LogP contribution in [0.1, 0.15) is 22.0 Å². The van der Waals surface area contributed by atoms with Crippen molar-refractivity contribution >= 4 is 45.5 Å². The summed E-state index contributed by atoms with van der Waals surface area (Å²) in [6.07, 6.45) is 4.93. The van der Waals surface area contributed by atoms with Gasteiger partial charge in [-0.1, -0.05) is 48.0 Å². The van der Waals surface area contributed by atoms with E-state index in [-0.39, 0.29) is 0 Å². The first kappa shape index (κ1) is 19.4. The van der Waals surface area contributed by atoms with E-state index in [0.29, 0.717) is 17.0 Å². The van der Waals surface area contributed by atoms with Gasteiger partial charge in [-0.2, -0.15) is 0 Å². The highest BCUT2D eigenvalue weighted by atomic mass is 35.5. The van der Waals surface area contributed by atoms with Crippen LogP contribution in [0, 0.1) is 0 Å². The molecule has 2 aromatic carbocycles. The SMILES string of the molecule is Clc1ncc(C=C(c2ccc(OCc3ccc4ccccc4n3)cc2)c2nnco2)s1. The Morgan fingerprint density at radius 3 is 2.71 bits per heavy atom. The third kappa shape index (κ3) is 4.47. The fourth-order valence-electron chi connectivity index (χ4n) is 3.11. The second-order valence-electron chi connectivity index (χ2n) is 6.63. The van der Waals surface area contributed by atoms with Gasteiger partial charge in [0.15, 0.2) is 4.47 Å². The fourth-order valence-corrected chi connectivity index (χ4v) is 4.01. The molecule has 0 N–H and O–H groups in total. The average molecular weight is 447 g/mol. The molecule has 6 nitrogen and oxygen atoms in total. The van der Waals surface area contributed by atoms with Crippen LogP contribution in [0.3, 0.4) is 0 Å². The van der Waals surface area contributed by atoms with Crippen molar-refractivity contribution in [3.8, 4) is 5.75 Å². The van der Waals surface area contributed by atoms with Crippen molar-refractivity contribution in [2.45, 2.75) is 6.61 Å². The number of halogens is 1. The number of nitrogens with zero attached hydrogens (tertiary/aromatic N) is 4. The van der Waals surface area contributed by atoms with E-state index < -0.39 is 0 Å². The molecular formula is C23H15ClN4O2S. The standard InChI is InChI=1S/C23H15ClN4O2S/c24-23-25-12-19(31-23)11-20(22-28-26-14-30-22)15-6-9-18(10-7-15)29-13-17-8-5-16-3-1-2-4-21(16)27-17/h1-12,14H,13H2. The first-order valence-electron chi connectivity index (χ1n) is 9.42. The molecule has 3 aromatic heterocycles. The fraction of sp³-hybridized carbons (Fsp3) is 0.0435. The summed E-state index contributed by atoms with van der Waals surface area (Å²) in [5.74, 6) is 1.16. The van der Waals surface area contributed by atoms with E-state index in [0.717, 1.165) is 38.4 Å². The third-order valence-corrected chi connectivity index (χ3v) is 5.64. The number of ether oxygens (including phenoxy) is 1. The molecule has 5 rings (SSSR count). The molecule has 0 amide bonds. The number of rotatable bonds is 6. The van der Waals surface area contributed by atoms with Crippen molar-refractivity contribution in [3.63, 3.8) is 0 Å². The number of hydrogen-bond acceptors (Lipinski definition) is 7. The molecule has 152 valence electrons. The first-order chi connectivity index (χ1) is 15.2. The zero-order valence-electron chi connectivity index (χ0n) is 16.1. The molecule has 3 heterocycles. The summed E-state index contributed by atoms with van der Waals surface area (Å²) in [7, 11) is 0. The summed E-state index contributed by atoms with van der Waals surface area (Å²) in [5, 5.41) is 8.95. The number of fused-ring (bicyclic) bond motifs is 1. The quantitative estimate of drug-likeness (QED) is 0.323. The van der Waals surface area contributed by atoms with Gasteiger partial charge in [-0.25, -0.2) is 9.97 Å². The zero-order valence-corrected chi connectivity index (χ0v) is 17.7. The van der Waals surface area contributed by atoms with Crippen molar-refractivity contribution in [1.29, 1.82) is 0 Å². The van der Waals surface area contributed by atoms with E-state index >= 15 is 0 Å². The van der Waals surface area contributed by atoms with Crippen molar-refractivity contribution in [2.75, 3.05) is 0 Å². The third-order valence-electron chi connectivity index (χ3n) is 4.58. The lowest BCUT2D eigenvalue weighted by Crippen LogP contribution is -1.98. The molecular weight excluding hydrogens is 432 g/mol. The molecule has 0 spiro atoms. The van der Waals surface area contributed by atoms with Gasteiger partial charge in [0.25, 0.3) is 0 Å². The van der Waals surface area contributed by atoms with E-state index in [1.165, 1.54) is 17.7 Å². The second kappa shape index (κ2) is 8.67. The Bertz CT molecular complexity index is 1350. The summed E-state index contributed by atoms with van der Waals surface area (Å²) in [6.45, 7) is 0.385. The van der Waals surface area contributed by atoms with Gasteiger partial charge in [0.1, 0.15) is 12.4 Å². The number of hydrogen-bond donors (Lipinski definition) is 0. The summed E-state index contributed by atoms with van der Waals surface area (Å²) in [5.41, 5.74) is 3.51. The molecule has 5 aromatic rings. The largest absolute Gasteiger partial charge is 0.487 e. The predicted octanol–water partition coefficient (Wildman–Crippen LogP) is 5.90. The first-order valence-corrected chi connectivity index (χ1v) is 10.6. The molecule has 8 heteroatoms. The maximum Gasteiger partial charge on any atom is 0.248 e. The van der Waals surface area contributed by atoms with E-state index in [4.69, 9.17) is 20.8 Å². The number of pyridine rings is 1. The van der Waals surface area contributed by atoms with Gasteiger partial charge >= 0.3 is 0 Å². The topological polar surface area (TPSA) is 73.9 Å². The molecule has 0 saturated heterocycles. The predicted molar refractivity (Wildman–Crippen MR) is 121 cm³/mol. The highest BCUT2D eigenvalue weighted by Gasteiger charge is 2.12. The monoisotopic (exact) mass is 446 g/mol. The van der Waals surface area contributed by atoms with Crippen molar-refractivity contribution in [3.05, 3.63) is 99.7 Å². The summed E-state index contributed by atoms with van der Waals surface area (Å²) < 4.78 is 11.8. The minimum absolute atomic E-state index is 0.385. The number of para-hydroxylation sites is 1. The molecule has 31 heavy (non-hydrogen) atoms. The minimum atomic E-state index is 0.385. The molecule has 0 atom stereocenters. The Morgan fingerprint density at radius 2 is 1.94 bits per heavy atom. The smallest absolute Gasteiger partial charge is 0.248 e. The van der Waals surface area contributed by atoms with Crippen LogP contribution in [0.25, 0.3) is 22.6 Å². The lowest BCUT2D eigenvalue weighted by Gasteiger charge is -2.08. The van der Waals surface area contributed by atoms with Crippen LogP contribution >= 0.6 is 22.9 Å². The molecule has 0 unspecified atom stereocenters. The van der Waals surface area contributed by atoms with Gasteiger partial charge in [-0.15, -0.1) is 21.5 Å². The van der Waals surface area contributed by atoms with Crippen LogP contribution in [-0.4, -0.2) is 20.2 Å². The number of benzene rings is 2. The second-order valence-corrected chi connectivity index (χ2v) is 8.27. The number of aromatic nitrogens is 4. The molecule has 0 aliphatic carbocycles. The molecule has 0 radical (unpaired) electrons. The summed E-state index contributed by atoms with van der Waals surface area (Å²) >= 11 is 7.33. The van der Waals surface area contributed by atoms with E-state index in [1.54, 1.807) is 6.20 Å². The Balaban J connectivity index is 1.35.